The standard InChI is InChI=1S/C12H18O3/c1-8(2)7-11(15)5-6-12(9(3)13)10(4)14/h7,12H,5-6H2,1-4H3. The molecule has 0 atom stereocenters. The lowest BCUT2D eigenvalue weighted by molar-refractivity contribution is -0.130. The van der Waals surface area contributed by atoms with Crippen LogP contribution in [0.1, 0.15) is 40.5 Å². The van der Waals surface area contributed by atoms with Crippen molar-refractivity contribution in [2.24, 2.45) is 5.92 Å². The molecule has 0 aromatic carbocycles. The van der Waals surface area contributed by atoms with Crippen LogP contribution in [0.25, 0.3) is 0 Å². The first kappa shape index (κ1) is 13.8. The van der Waals surface area contributed by atoms with Crippen molar-refractivity contribution in [3.05, 3.63) is 11.6 Å². The molecule has 0 unspecified atom stereocenters. The normalized spacial score (nSPS) is 9.93. The minimum atomic E-state index is -0.612. The highest BCUT2D eigenvalue weighted by Gasteiger charge is 2.19. The van der Waals surface area contributed by atoms with E-state index in [9.17, 15) is 14.4 Å². The molecular formula is C12H18O3. The van der Waals surface area contributed by atoms with Crippen LogP contribution in [0.5, 0.6) is 0 Å². The summed E-state index contributed by atoms with van der Waals surface area (Å²) in [7, 11) is 0. The molecule has 0 aromatic rings. The molecule has 3 heteroatoms. The summed E-state index contributed by atoms with van der Waals surface area (Å²) in [6, 6.07) is 0. The van der Waals surface area contributed by atoms with E-state index in [-0.39, 0.29) is 23.8 Å². The smallest absolute Gasteiger partial charge is 0.155 e. The first-order chi connectivity index (χ1) is 6.84. The first-order valence-corrected chi connectivity index (χ1v) is 5.03. The molecule has 0 saturated heterocycles. The van der Waals surface area contributed by atoms with Crippen molar-refractivity contribution in [3.8, 4) is 0 Å². The van der Waals surface area contributed by atoms with E-state index in [1.165, 1.54) is 19.9 Å². The second kappa shape index (κ2) is 6.27. The molecule has 0 heterocycles. The molecule has 0 spiro atoms. The number of Topliss-reactive ketones (excluding diaryl/α,β-unsaturated/α-hetero) is 2. The van der Waals surface area contributed by atoms with Crippen LogP contribution in [0.4, 0.5) is 0 Å². The minimum Gasteiger partial charge on any atom is -0.299 e. The van der Waals surface area contributed by atoms with Crippen LogP contribution in [-0.2, 0) is 14.4 Å². The van der Waals surface area contributed by atoms with E-state index in [4.69, 9.17) is 0 Å². The van der Waals surface area contributed by atoms with Gasteiger partial charge in [0.1, 0.15) is 11.6 Å². The van der Waals surface area contributed by atoms with Gasteiger partial charge in [-0.25, -0.2) is 0 Å². The zero-order valence-corrected chi connectivity index (χ0v) is 9.79. The average Bonchev–Trinajstić information content (AvgIpc) is 2.00. The fraction of sp³-hybridized carbons (Fsp3) is 0.583. The Morgan fingerprint density at radius 1 is 1.00 bits per heavy atom. The number of hydrogen-bond acceptors (Lipinski definition) is 3. The first-order valence-electron chi connectivity index (χ1n) is 5.03. The summed E-state index contributed by atoms with van der Waals surface area (Å²) < 4.78 is 0. The van der Waals surface area contributed by atoms with Crippen molar-refractivity contribution < 1.29 is 14.4 Å². The molecule has 0 N–H and O–H groups in total. The van der Waals surface area contributed by atoms with Gasteiger partial charge >= 0.3 is 0 Å². The maximum Gasteiger partial charge on any atom is 0.155 e. The molecule has 0 fully saturated rings. The lowest BCUT2D eigenvalue weighted by Gasteiger charge is -2.07. The molecule has 0 bridgehead atoms. The zero-order valence-electron chi connectivity index (χ0n) is 9.79. The lowest BCUT2D eigenvalue weighted by Crippen LogP contribution is -2.20. The van der Waals surface area contributed by atoms with Crippen molar-refractivity contribution in [2.45, 2.75) is 40.5 Å². The van der Waals surface area contributed by atoms with Gasteiger partial charge in [-0.3, -0.25) is 14.4 Å². The lowest BCUT2D eigenvalue weighted by atomic mass is 9.94. The van der Waals surface area contributed by atoms with Crippen molar-refractivity contribution in [3.63, 3.8) is 0 Å². The SMILES string of the molecule is CC(=O)C(CCC(=O)C=C(C)C)C(C)=O. The van der Waals surface area contributed by atoms with E-state index >= 15 is 0 Å². The van der Waals surface area contributed by atoms with E-state index in [1.807, 2.05) is 13.8 Å². The van der Waals surface area contributed by atoms with Crippen LogP contribution in [0.2, 0.25) is 0 Å². The highest BCUT2D eigenvalue weighted by molar-refractivity contribution is 6.01. The monoisotopic (exact) mass is 210 g/mol. The Kier molecular flexibility index (Phi) is 5.75. The predicted octanol–water partition coefficient (Wildman–Crippen LogP) is 2.10. The molecule has 0 aliphatic carbocycles. The summed E-state index contributed by atoms with van der Waals surface area (Å²) in [6.07, 6.45) is 2.12. The molecule has 0 aliphatic rings. The van der Waals surface area contributed by atoms with E-state index in [1.54, 1.807) is 0 Å². The third-order valence-corrected chi connectivity index (χ3v) is 2.11. The predicted molar refractivity (Wildman–Crippen MR) is 58.5 cm³/mol. The van der Waals surface area contributed by atoms with E-state index in [0.29, 0.717) is 6.42 Å². The van der Waals surface area contributed by atoms with E-state index in [0.717, 1.165) is 5.57 Å². The summed E-state index contributed by atoms with van der Waals surface area (Å²) in [5.74, 6) is -0.956. The van der Waals surface area contributed by atoms with Crippen LogP contribution in [0, 0.1) is 5.92 Å². The Labute approximate surface area is 90.5 Å². The van der Waals surface area contributed by atoms with Crippen LogP contribution < -0.4 is 0 Å². The third-order valence-electron chi connectivity index (χ3n) is 2.11. The Bertz CT molecular complexity index is 282. The van der Waals surface area contributed by atoms with Crippen LogP contribution in [0.15, 0.2) is 11.6 Å². The molecule has 0 radical (unpaired) electrons. The summed E-state index contributed by atoms with van der Waals surface area (Å²) in [5.41, 5.74) is 0.933. The van der Waals surface area contributed by atoms with Crippen LogP contribution in [-0.4, -0.2) is 17.3 Å². The summed E-state index contributed by atoms with van der Waals surface area (Å²) in [6.45, 7) is 6.45. The molecule has 84 valence electrons. The summed E-state index contributed by atoms with van der Waals surface area (Å²) >= 11 is 0. The third kappa shape index (κ3) is 5.94. The molecular weight excluding hydrogens is 192 g/mol. The van der Waals surface area contributed by atoms with Gasteiger partial charge < -0.3 is 0 Å². The van der Waals surface area contributed by atoms with Crippen molar-refractivity contribution >= 4 is 17.3 Å². The largest absolute Gasteiger partial charge is 0.299 e. The Morgan fingerprint density at radius 2 is 1.47 bits per heavy atom. The Hall–Kier alpha value is -1.25. The van der Waals surface area contributed by atoms with Gasteiger partial charge in [0.2, 0.25) is 0 Å². The highest BCUT2D eigenvalue weighted by atomic mass is 16.1. The quantitative estimate of drug-likeness (QED) is 0.498. The molecule has 0 aromatic heterocycles. The molecule has 0 saturated carbocycles. The van der Waals surface area contributed by atoms with Gasteiger partial charge in [-0.1, -0.05) is 5.57 Å². The van der Waals surface area contributed by atoms with E-state index in [2.05, 4.69) is 0 Å². The van der Waals surface area contributed by atoms with Crippen molar-refractivity contribution in [1.29, 1.82) is 0 Å². The van der Waals surface area contributed by atoms with Gasteiger partial charge in [0.05, 0.1) is 5.92 Å². The van der Waals surface area contributed by atoms with Crippen LogP contribution in [0.3, 0.4) is 0 Å². The molecule has 0 amide bonds. The average molecular weight is 210 g/mol. The number of carbonyl (C=O) groups excluding carboxylic acids is 3. The number of carbonyl (C=O) groups is 3. The van der Waals surface area contributed by atoms with Gasteiger partial charge in [-0.2, -0.15) is 0 Å². The van der Waals surface area contributed by atoms with Gasteiger partial charge in [0, 0.05) is 6.42 Å². The summed E-state index contributed by atoms with van der Waals surface area (Å²) in [5, 5.41) is 0. The van der Waals surface area contributed by atoms with Gasteiger partial charge in [0.15, 0.2) is 5.78 Å². The van der Waals surface area contributed by atoms with Crippen molar-refractivity contribution in [1.82, 2.24) is 0 Å². The fourth-order valence-electron chi connectivity index (χ4n) is 1.37. The molecule has 0 aliphatic heterocycles. The van der Waals surface area contributed by atoms with Gasteiger partial charge in [-0.15, -0.1) is 0 Å². The number of hydrogen-bond donors (Lipinski definition) is 0. The molecule has 3 nitrogen and oxygen atoms in total. The zero-order chi connectivity index (χ0) is 12.0. The minimum absolute atomic E-state index is 0.0255. The van der Waals surface area contributed by atoms with E-state index < -0.39 is 5.92 Å². The Morgan fingerprint density at radius 3 is 1.80 bits per heavy atom. The number of allylic oxidation sites excluding steroid dienone is 2. The van der Waals surface area contributed by atoms with Gasteiger partial charge in [0.25, 0.3) is 0 Å². The molecule has 15 heavy (non-hydrogen) atoms. The van der Waals surface area contributed by atoms with Crippen molar-refractivity contribution in [2.75, 3.05) is 0 Å². The highest BCUT2D eigenvalue weighted by Crippen LogP contribution is 2.10. The second-order valence-corrected chi connectivity index (χ2v) is 4.00. The van der Waals surface area contributed by atoms with Gasteiger partial charge in [-0.05, 0) is 40.2 Å². The number of rotatable bonds is 6. The maximum atomic E-state index is 11.3. The fourth-order valence-corrected chi connectivity index (χ4v) is 1.37. The topological polar surface area (TPSA) is 51.2 Å². The van der Waals surface area contributed by atoms with Crippen LogP contribution >= 0.6 is 0 Å². The Balaban J connectivity index is 4.24. The second-order valence-electron chi connectivity index (χ2n) is 4.00. The number of ketones is 3. The maximum absolute atomic E-state index is 11.3. The molecule has 0 rings (SSSR count). The summed E-state index contributed by atoms with van der Waals surface area (Å²) in [4.78, 5) is 33.4.